The lowest BCUT2D eigenvalue weighted by Gasteiger charge is -2.37. The van der Waals surface area contributed by atoms with Gasteiger partial charge in [0.25, 0.3) is 5.75 Å². The monoisotopic (exact) mass is 472 g/mol. The number of benzene rings is 3. The smallest absolute Gasteiger partial charge is 0.280 e. The van der Waals surface area contributed by atoms with Crippen LogP contribution in [-0.4, -0.2) is 36.8 Å². The fourth-order valence-electron chi connectivity index (χ4n) is 3.93. The first-order valence-corrected chi connectivity index (χ1v) is 11.2. The van der Waals surface area contributed by atoms with E-state index in [4.69, 9.17) is 21.1 Å². The summed E-state index contributed by atoms with van der Waals surface area (Å²) in [6.45, 7) is 7.49. The van der Waals surface area contributed by atoms with E-state index >= 15 is 0 Å². The Balaban J connectivity index is 0.00000289. The maximum atomic E-state index is 6.32. The van der Waals surface area contributed by atoms with Crippen molar-refractivity contribution in [1.29, 1.82) is 0 Å². The van der Waals surface area contributed by atoms with E-state index in [1.54, 1.807) is 0 Å². The van der Waals surface area contributed by atoms with Crippen molar-refractivity contribution < 1.29 is 9.47 Å². The Hall–Kier alpha value is -2.24. The molecule has 1 atom stereocenters. The molecule has 1 saturated heterocycles. The van der Waals surface area contributed by atoms with Crippen LogP contribution in [0.15, 0.2) is 78.9 Å². The van der Waals surface area contributed by atoms with Gasteiger partial charge in [0.1, 0.15) is 5.75 Å². The molecule has 0 aromatic heterocycles. The molecule has 1 aliphatic rings. The SMILES string of the molecule is Cc1ccccc1N1CCN(Cc2ccccc2OC(Cl)OCc2ccccc2)CC1.Cl. The minimum atomic E-state index is -0.834. The van der Waals surface area contributed by atoms with Crippen molar-refractivity contribution in [2.75, 3.05) is 31.1 Å². The number of piperazine rings is 1. The zero-order valence-corrected chi connectivity index (χ0v) is 19.9. The van der Waals surface area contributed by atoms with Gasteiger partial charge in [-0.15, -0.1) is 12.4 Å². The molecule has 0 spiro atoms. The van der Waals surface area contributed by atoms with Crippen LogP contribution in [0, 0.1) is 6.92 Å². The first kappa shape index (κ1) is 24.4. The lowest BCUT2D eigenvalue weighted by Crippen LogP contribution is -2.46. The molecule has 1 unspecified atom stereocenters. The Morgan fingerprint density at radius 1 is 0.844 bits per heavy atom. The Morgan fingerprint density at radius 2 is 1.50 bits per heavy atom. The van der Waals surface area contributed by atoms with Crippen LogP contribution < -0.4 is 9.64 Å². The summed E-state index contributed by atoms with van der Waals surface area (Å²) in [7, 11) is 0. The van der Waals surface area contributed by atoms with Crippen LogP contribution in [0.25, 0.3) is 0 Å². The highest BCUT2D eigenvalue weighted by atomic mass is 35.5. The van der Waals surface area contributed by atoms with Crippen molar-refractivity contribution in [1.82, 2.24) is 4.90 Å². The average molecular weight is 473 g/mol. The third-order valence-electron chi connectivity index (χ3n) is 5.64. The molecule has 32 heavy (non-hydrogen) atoms. The molecule has 0 saturated carbocycles. The van der Waals surface area contributed by atoms with Crippen LogP contribution in [0.1, 0.15) is 16.7 Å². The quantitative estimate of drug-likeness (QED) is 0.302. The number of halogens is 2. The van der Waals surface area contributed by atoms with Crippen molar-refractivity contribution in [3.63, 3.8) is 0 Å². The van der Waals surface area contributed by atoms with E-state index in [1.165, 1.54) is 11.3 Å². The largest absolute Gasteiger partial charge is 0.450 e. The minimum Gasteiger partial charge on any atom is -0.450 e. The molecule has 1 aliphatic heterocycles. The zero-order valence-electron chi connectivity index (χ0n) is 18.3. The summed E-state index contributed by atoms with van der Waals surface area (Å²) in [5.74, 6) is -0.0591. The van der Waals surface area contributed by atoms with Gasteiger partial charge >= 0.3 is 0 Å². The minimum absolute atomic E-state index is 0. The van der Waals surface area contributed by atoms with E-state index in [-0.39, 0.29) is 12.4 Å². The van der Waals surface area contributed by atoms with E-state index in [0.717, 1.165) is 49.6 Å². The molecule has 0 amide bonds. The molecule has 4 rings (SSSR count). The molecule has 0 aliphatic carbocycles. The Kier molecular flexibility index (Phi) is 9.24. The molecule has 6 heteroatoms. The third kappa shape index (κ3) is 6.63. The summed E-state index contributed by atoms with van der Waals surface area (Å²) in [5, 5.41) is 0. The van der Waals surface area contributed by atoms with Gasteiger partial charge < -0.3 is 14.4 Å². The van der Waals surface area contributed by atoms with Gasteiger partial charge in [0, 0.05) is 44.0 Å². The van der Waals surface area contributed by atoms with Crippen molar-refractivity contribution in [2.45, 2.75) is 25.8 Å². The van der Waals surface area contributed by atoms with Gasteiger partial charge in [0.2, 0.25) is 0 Å². The average Bonchev–Trinajstić information content (AvgIpc) is 2.81. The standard InChI is InChI=1S/C26H29ClN2O2.ClH/c1-21-9-5-7-13-24(21)29-17-15-28(16-18-29)19-23-12-6-8-14-25(23)31-26(27)30-20-22-10-3-2-4-11-22;/h2-14,26H,15-20H2,1H3;1H. The normalized spacial score (nSPS) is 15.1. The maximum Gasteiger partial charge on any atom is 0.280 e. The van der Waals surface area contributed by atoms with Crippen LogP contribution >= 0.6 is 24.0 Å². The Morgan fingerprint density at radius 3 is 2.25 bits per heavy atom. The van der Waals surface area contributed by atoms with Gasteiger partial charge in [-0.25, -0.2) is 0 Å². The van der Waals surface area contributed by atoms with Crippen molar-refractivity contribution in [2.24, 2.45) is 0 Å². The third-order valence-corrected chi connectivity index (χ3v) is 5.85. The van der Waals surface area contributed by atoms with Gasteiger partial charge in [-0.05, 0) is 41.8 Å². The number of hydrogen-bond donors (Lipinski definition) is 0. The first-order valence-electron chi connectivity index (χ1n) is 10.8. The van der Waals surface area contributed by atoms with Crippen molar-refractivity contribution in [3.8, 4) is 5.75 Å². The predicted octanol–water partition coefficient (Wildman–Crippen LogP) is 5.86. The highest BCUT2D eigenvalue weighted by molar-refractivity contribution is 6.18. The molecular formula is C26H30Cl2N2O2. The van der Waals surface area contributed by atoms with Crippen LogP contribution in [0.2, 0.25) is 0 Å². The lowest BCUT2D eigenvalue weighted by molar-refractivity contribution is -0.0314. The molecule has 170 valence electrons. The molecular weight excluding hydrogens is 443 g/mol. The zero-order chi connectivity index (χ0) is 21.5. The summed E-state index contributed by atoms with van der Waals surface area (Å²) in [6.07, 6.45) is 0. The molecule has 4 nitrogen and oxygen atoms in total. The topological polar surface area (TPSA) is 24.9 Å². The van der Waals surface area contributed by atoms with Gasteiger partial charge in [-0.2, -0.15) is 0 Å². The van der Waals surface area contributed by atoms with Crippen molar-refractivity contribution in [3.05, 3.63) is 95.6 Å². The van der Waals surface area contributed by atoms with Gasteiger partial charge in [0.05, 0.1) is 6.61 Å². The Bertz CT molecular complexity index is 963. The predicted molar refractivity (Wildman–Crippen MR) is 134 cm³/mol. The van der Waals surface area contributed by atoms with Crippen molar-refractivity contribution >= 4 is 29.7 Å². The number of hydrogen-bond acceptors (Lipinski definition) is 4. The van der Waals surface area contributed by atoms with Crippen LogP contribution in [-0.2, 0) is 17.9 Å². The number of rotatable bonds is 8. The first-order chi connectivity index (χ1) is 15.2. The molecule has 1 fully saturated rings. The molecule has 0 radical (unpaired) electrons. The second kappa shape index (κ2) is 12.1. The molecule has 3 aromatic carbocycles. The summed E-state index contributed by atoms with van der Waals surface area (Å²) in [5.41, 5.74) is 4.86. The highest BCUT2D eigenvalue weighted by Gasteiger charge is 2.20. The van der Waals surface area contributed by atoms with Crippen LogP contribution in [0.3, 0.4) is 0 Å². The number of para-hydroxylation sites is 2. The molecule has 0 N–H and O–H groups in total. The van der Waals surface area contributed by atoms with E-state index < -0.39 is 5.75 Å². The van der Waals surface area contributed by atoms with Gasteiger partial charge in [-0.1, -0.05) is 66.7 Å². The van der Waals surface area contributed by atoms with Gasteiger partial charge in [0.15, 0.2) is 0 Å². The summed E-state index contributed by atoms with van der Waals surface area (Å²) in [4.78, 5) is 4.94. The number of nitrogens with zero attached hydrogens (tertiary/aromatic N) is 2. The number of alkyl halides is 1. The van der Waals surface area contributed by atoms with E-state index in [1.807, 2.05) is 48.5 Å². The number of anilines is 1. The maximum absolute atomic E-state index is 6.32. The van der Waals surface area contributed by atoms with E-state index in [2.05, 4.69) is 47.1 Å². The number of aryl methyl sites for hydroxylation is 1. The fraction of sp³-hybridized carbons (Fsp3) is 0.308. The van der Waals surface area contributed by atoms with E-state index in [9.17, 15) is 0 Å². The molecule has 0 bridgehead atoms. The van der Waals surface area contributed by atoms with Crippen LogP contribution in [0.4, 0.5) is 5.69 Å². The molecule has 1 heterocycles. The van der Waals surface area contributed by atoms with Crippen LogP contribution in [0.5, 0.6) is 5.75 Å². The summed E-state index contributed by atoms with van der Waals surface area (Å²) < 4.78 is 11.6. The fourth-order valence-corrected chi connectivity index (χ4v) is 4.08. The van der Waals surface area contributed by atoms with E-state index in [0.29, 0.717) is 6.61 Å². The summed E-state index contributed by atoms with van der Waals surface area (Å²) >= 11 is 6.32. The second-order valence-electron chi connectivity index (χ2n) is 7.85. The van der Waals surface area contributed by atoms with Gasteiger partial charge in [-0.3, -0.25) is 4.90 Å². The Labute approximate surface area is 202 Å². The highest BCUT2D eigenvalue weighted by Crippen LogP contribution is 2.25. The lowest BCUT2D eigenvalue weighted by atomic mass is 10.1. The summed E-state index contributed by atoms with van der Waals surface area (Å²) in [6, 6.07) is 26.6. The molecule has 3 aromatic rings. The number of ether oxygens (including phenoxy) is 2. The second-order valence-corrected chi connectivity index (χ2v) is 8.20.